The number of hydrogen-bond acceptors (Lipinski definition) is 3. The Morgan fingerprint density at radius 2 is 1.87 bits per heavy atom. The molecule has 0 atom stereocenters. The topological polar surface area (TPSA) is 63.4 Å². The molecule has 0 unspecified atom stereocenters. The molecule has 0 aliphatic heterocycles. The minimum Gasteiger partial charge on any atom is -0.497 e. The number of aromatic nitrogens is 1. The molecule has 5 heteroatoms. The molecule has 1 heterocycles. The van der Waals surface area contributed by atoms with E-state index in [0.29, 0.717) is 22.9 Å². The van der Waals surface area contributed by atoms with Crippen LogP contribution in [0.1, 0.15) is 16.1 Å². The quantitative estimate of drug-likeness (QED) is 0.771. The molecule has 0 spiro atoms. The van der Waals surface area contributed by atoms with Crippen LogP contribution in [0.4, 0.5) is 5.69 Å². The highest BCUT2D eigenvalue weighted by Crippen LogP contribution is 2.29. The summed E-state index contributed by atoms with van der Waals surface area (Å²) >= 11 is 0. The molecular weight excluding hydrogens is 292 g/mol. The van der Waals surface area contributed by atoms with Crippen LogP contribution in [0, 0.1) is 6.92 Å². The van der Waals surface area contributed by atoms with Crippen molar-refractivity contribution in [2.24, 2.45) is 0 Å². The lowest BCUT2D eigenvalue weighted by Gasteiger charge is -2.11. The lowest BCUT2D eigenvalue weighted by atomic mass is 10.2. The van der Waals surface area contributed by atoms with Gasteiger partial charge in [-0.3, -0.25) is 4.79 Å². The number of ether oxygens (including phenoxy) is 2. The van der Waals surface area contributed by atoms with Gasteiger partial charge in [-0.05, 0) is 37.3 Å². The van der Waals surface area contributed by atoms with E-state index in [4.69, 9.17) is 9.47 Å². The third kappa shape index (κ3) is 2.99. The summed E-state index contributed by atoms with van der Waals surface area (Å²) in [5.74, 6) is 0.991. The lowest BCUT2D eigenvalue weighted by Crippen LogP contribution is -2.13. The van der Waals surface area contributed by atoms with Crippen molar-refractivity contribution in [3.63, 3.8) is 0 Å². The van der Waals surface area contributed by atoms with E-state index in [1.165, 1.54) is 0 Å². The third-order valence-corrected chi connectivity index (χ3v) is 3.68. The van der Waals surface area contributed by atoms with Gasteiger partial charge in [0.1, 0.15) is 17.2 Å². The van der Waals surface area contributed by atoms with Crippen LogP contribution in [-0.2, 0) is 0 Å². The maximum atomic E-state index is 12.5. The minimum absolute atomic E-state index is 0.231. The Labute approximate surface area is 134 Å². The zero-order valence-electron chi connectivity index (χ0n) is 13.3. The fourth-order valence-corrected chi connectivity index (χ4v) is 2.48. The highest BCUT2D eigenvalue weighted by molar-refractivity contribution is 6.06. The summed E-state index contributed by atoms with van der Waals surface area (Å²) in [6, 6.07) is 13.1. The van der Waals surface area contributed by atoms with E-state index in [1.807, 2.05) is 31.2 Å². The highest BCUT2D eigenvalue weighted by atomic mass is 16.5. The SMILES string of the molecule is COc1ccc(OC)c(NC(=O)c2cc3cc(C)ccc3[nH]2)c1. The van der Waals surface area contributed by atoms with Gasteiger partial charge in [-0.25, -0.2) is 0 Å². The number of aromatic amines is 1. The first-order chi connectivity index (χ1) is 11.1. The molecule has 1 amide bonds. The predicted octanol–water partition coefficient (Wildman–Crippen LogP) is 3.75. The number of methoxy groups -OCH3 is 2. The molecule has 23 heavy (non-hydrogen) atoms. The zero-order valence-corrected chi connectivity index (χ0v) is 13.3. The normalized spacial score (nSPS) is 10.6. The summed E-state index contributed by atoms with van der Waals surface area (Å²) in [4.78, 5) is 15.6. The van der Waals surface area contributed by atoms with Gasteiger partial charge < -0.3 is 19.8 Å². The zero-order chi connectivity index (χ0) is 16.4. The van der Waals surface area contributed by atoms with Gasteiger partial charge in [-0.15, -0.1) is 0 Å². The van der Waals surface area contributed by atoms with Crippen LogP contribution < -0.4 is 14.8 Å². The first-order valence-electron chi connectivity index (χ1n) is 7.23. The Hall–Kier alpha value is -2.95. The van der Waals surface area contributed by atoms with Crippen molar-refractivity contribution < 1.29 is 14.3 Å². The lowest BCUT2D eigenvalue weighted by molar-refractivity contribution is 0.102. The average molecular weight is 310 g/mol. The number of benzene rings is 2. The largest absolute Gasteiger partial charge is 0.497 e. The molecule has 3 rings (SSSR count). The number of anilines is 1. The molecular formula is C18H18N2O3. The monoisotopic (exact) mass is 310 g/mol. The fourth-order valence-electron chi connectivity index (χ4n) is 2.48. The first-order valence-corrected chi connectivity index (χ1v) is 7.23. The van der Waals surface area contributed by atoms with Crippen molar-refractivity contribution in [2.45, 2.75) is 6.92 Å². The second-order valence-corrected chi connectivity index (χ2v) is 5.29. The second-order valence-electron chi connectivity index (χ2n) is 5.29. The number of nitrogens with one attached hydrogen (secondary N) is 2. The molecule has 1 aromatic heterocycles. The smallest absolute Gasteiger partial charge is 0.272 e. The van der Waals surface area contributed by atoms with E-state index in [-0.39, 0.29) is 5.91 Å². The van der Waals surface area contributed by atoms with E-state index < -0.39 is 0 Å². The molecule has 0 bridgehead atoms. The number of rotatable bonds is 4. The first kappa shape index (κ1) is 15.0. The van der Waals surface area contributed by atoms with Gasteiger partial charge in [0.25, 0.3) is 5.91 Å². The van der Waals surface area contributed by atoms with E-state index in [0.717, 1.165) is 16.5 Å². The molecule has 2 aromatic carbocycles. The summed E-state index contributed by atoms with van der Waals surface area (Å²) in [5, 5.41) is 3.86. The van der Waals surface area contributed by atoms with Crippen LogP contribution in [0.15, 0.2) is 42.5 Å². The van der Waals surface area contributed by atoms with Gasteiger partial charge in [0, 0.05) is 17.0 Å². The van der Waals surface area contributed by atoms with Gasteiger partial charge in [-0.1, -0.05) is 11.6 Å². The Morgan fingerprint density at radius 3 is 2.61 bits per heavy atom. The van der Waals surface area contributed by atoms with Crippen LogP contribution in [0.3, 0.4) is 0 Å². The molecule has 3 aromatic rings. The van der Waals surface area contributed by atoms with Gasteiger partial charge in [0.2, 0.25) is 0 Å². The molecule has 0 saturated heterocycles. The van der Waals surface area contributed by atoms with Gasteiger partial charge in [0.15, 0.2) is 0 Å². The Balaban J connectivity index is 1.91. The summed E-state index contributed by atoms with van der Waals surface area (Å²) in [6.45, 7) is 2.02. The van der Waals surface area contributed by atoms with Crippen LogP contribution in [0.25, 0.3) is 10.9 Å². The van der Waals surface area contributed by atoms with E-state index in [2.05, 4.69) is 10.3 Å². The molecule has 0 saturated carbocycles. The van der Waals surface area contributed by atoms with Crippen molar-refractivity contribution in [3.05, 3.63) is 53.7 Å². The molecule has 118 valence electrons. The summed E-state index contributed by atoms with van der Waals surface area (Å²) in [7, 11) is 3.14. The maximum absolute atomic E-state index is 12.5. The number of hydrogen-bond donors (Lipinski definition) is 2. The van der Waals surface area contributed by atoms with E-state index in [9.17, 15) is 4.79 Å². The number of amides is 1. The molecule has 0 aliphatic rings. The number of H-pyrrole nitrogens is 1. The molecule has 0 aliphatic carbocycles. The second kappa shape index (κ2) is 6.04. The third-order valence-electron chi connectivity index (χ3n) is 3.68. The Kier molecular flexibility index (Phi) is 3.93. The molecule has 2 N–H and O–H groups in total. The average Bonchev–Trinajstić information content (AvgIpc) is 2.98. The summed E-state index contributed by atoms with van der Waals surface area (Å²) in [5.41, 5.74) is 3.14. The molecule has 0 radical (unpaired) electrons. The number of fused-ring (bicyclic) bond motifs is 1. The summed E-state index contributed by atoms with van der Waals surface area (Å²) in [6.07, 6.45) is 0. The van der Waals surface area contributed by atoms with Crippen molar-refractivity contribution in [1.82, 2.24) is 4.98 Å². The van der Waals surface area contributed by atoms with Crippen LogP contribution in [-0.4, -0.2) is 25.1 Å². The molecule has 0 fully saturated rings. The van der Waals surface area contributed by atoms with Gasteiger partial charge in [-0.2, -0.15) is 0 Å². The van der Waals surface area contributed by atoms with Gasteiger partial charge >= 0.3 is 0 Å². The van der Waals surface area contributed by atoms with Crippen LogP contribution in [0.5, 0.6) is 11.5 Å². The van der Waals surface area contributed by atoms with Crippen LogP contribution in [0.2, 0.25) is 0 Å². The predicted molar refractivity (Wildman–Crippen MR) is 90.5 cm³/mol. The van der Waals surface area contributed by atoms with Crippen molar-refractivity contribution in [1.29, 1.82) is 0 Å². The van der Waals surface area contributed by atoms with Crippen molar-refractivity contribution >= 4 is 22.5 Å². The van der Waals surface area contributed by atoms with E-state index in [1.54, 1.807) is 32.4 Å². The highest BCUT2D eigenvalue weighted by Gasteiger charge is 2.13. The van der Waals surface area contributed by atoms with Crippen molar-refractivity contribution in [2.75, 3.05) is 19.5 Å². The Morgan fingerprint density at radius 1 is 1.04 bits per heavy atom. The van der Waals surface area contributed by atoms with E-state index >= 15 is 0 Å². The maximum Gasteiger partial charge on any atom is 0.272 e. The van der Waals surface area contributed by atoms with Crippen LogP contribution >= 0.6 is 0 Å². The Bertz CT molecular complexity index is 868. The van der Waals surface area contributed by atoms with Gasteiger partial charge in [0.05, 0.1) is 19.9 Å². The summed E-state index contributed by atoms with van der Waals surface area (Å²) < 4.78 is 10.5. The minimum atomic E-state index is -0.231. The van der Waals surface area contributed by atoms with Crippen molar-refractivity contribution in [3.8, 4) is 11.5 Å². The fraction of sp³-hybridized carbons (Fsp3) is 0.167. The molecule has 5 nitrogen and oxygen atoms in total. The number of carbonyl (C=O) groups excluding carboxylic acids is 1. The standard InChI is InChI=1S/C18H18N2O3/c1-11-4-6-14-12(8-11)9-16(19-14)18(21)20-15-10-13(22-2)5-7-17(15)23-3/h4-10,19H,1-3H3,(H,20,21). The number of carbonyl (C=O) groups is 1. The number of aryl methyl sites for hydroxylation is 1.